The van der Waals surface area contributed by atoms with E-state index in [4.69, 9.17) is 0 Å². The third-order valence-corrected chi connectivity index (χ3v) is 2.76. The van der Waals surface area contributed by atoms with Crippen molar-refractivity contribution in [1.82, 2.24) is 10.2 Å². The number of urea groups is 1. The minimum atomic E-state index is -0.260. The van der Waals surface area contributed by atoms with Crippen LogP contribution in [0.5, 0.6) is 0 Å². The van der Waals surface area contributed by atoms with Crippen molar-refractivity contribution >= 4 is 17.6 Å². The Balaban J connectivity index is 2.72. The lowest BCUT2D eigenvalue weighted by Crippen LogP contribution is -2.35. The molecule has 0 heterocycles. The first-order valence-corrected chi connectivity index (χ1v) is 6.33. The number of nitrogens with zero attached hydrogens (tertiary/aromatic N) is 1. The summed E-state index contributed by atoms with van der Waals surface area (Å²) in [5.74, 6) is -0.0917. The average molecular weight is 263 g/mol. The van der Waals surface area contributed by atoms with Gasteiger partial charge in [0.25, 0.3) is 5.91 Å². The largest absolute Gasteiger partial charge is 0.345 e. The van der Waals surface area contributed by atoms with E-state index in [2.05, 4.69) is 10.6 Å². The van der Waals surface area contributed by atoms with E-state index >= 15 is 0 Å². The summed E-state index contributed by atoms with van der Waals surface area (Å²) in [7, 11) is 3.39. The van der Waals surface area contributed by atoms with Gasteiger partial charge in [0, 0.05) is 31.4 Å². The second-order valence-corrected chi connectivity index (χ2v) is 4.69. The van der Waals surface area contributed by atoms with Gasteiger partial charge in [0.2, 0.25) is 0 Å². The van der Waals surface area contributed by atoms with Gasteiger partial charge in [-0.15, -0.1) is 0 Å². The Morgan fingerprint density at radius 1 is 1.32 bits per heavy atom. The van der Waals surface area contributed by atoms with E-state index in [1.807, 2.05) is 13.8 Å². The number of carbonyl (C=O) groups excluding carboxylic acids is 2. The van der Waals surface area contributed by atoms with E-state index in [-0.39, 0.29) is 18.0 Å². The molecule has 0 aliphatic carbocycles. The molecule has 0 fully saturated rings. The second kappa shape index (κ2) is 6.78. The fourth-order valence-electron chi connectivity index (χ4n) is 1.48. The van der Waals surface area contributed by atoms with Gasteiger partial charge in [-0.05, 0) is 31.5 Å². The lowest BCUT2D eigenvalue weighted by molar-refractivity contribution is 0.0827. The predicted molar refractivity (Wildman–Crippen MR) is 76.4 cm³/mol. The van der Waals surface area contributed by atoms with Gasteiger partial charge < -0.3 is 15.5 Å². The fourth-order valence-corrected chi connectivity index (χ4v) is 1.48. The summed E-state index contributed by atoms with van der Waals surface area (Å²) < 4.78 is 0. The molecule has 19 heavy (non-hydrogen) atoms. The number of carbonyl (C=O) groups is 2. The highest BCUT2D eigenvalue weighted by atomic mass is 16.2. The Hall–Kier alpha value is -2.04. The summed E-state index contributed by atoms with van der Waals surface area (Å²) in [4.78, 5) is 25.0. The molecule has 0 bridgehead atoms. The molecule has 1 rings (SSSR count). The molecule has 0 spiro atoms. The van der Waals surface area contributed by atoms with E-state index in [0.29, 0.717) is 11.3 Å². The van der Waals surface area contributed by atoms with Crippen molar-refractivity contribution in [3.05, 3.63) is 29.8 Å². The van der Waals surface area contributed by atoms with Crippen molar-refractivity contribution in [3.8, 4) is 0 Å². The van der Waals surface area contributed by atoms with E-state index in [0.717, 1.165) is 6.42 Å². The molecule has 1 aromatic rings. The average Bonchev–Trinajstić information content (AvgIpc) is 2.37. The molecule has 0 radical (unpaired) electrons. The molecular formula is C14H21N3O2. The van der Waals surface area contributed by atoms with Gasteiger partial charge in [-0.1, -0.05) is 13.0 Å². The number of anilines is 1. The van der Waals surface area contributed by atoms with E-state index in [9.17, 15) is 9.59 Å². The smallest absolute Gasteiger partial charge is 0.319 e. The quantitative estimate of drug-likeness (QED) is 0.875. The maximum Gasteiger partial charge on any atom is 0.319 e. The summed E-state index contributed by atoms with van der Waals surface area (Å²) in [6.07, 6.45) is 0.868. The topological polar surface area (TPSA) is 61.4 Å². The molecule has 1 atom stereocenters. The Morgan fingerprint density at radius 3 is 2.58 bits per heavy atom. The predicted octanol–water partition coefficient (Wildman–Crippen LogP) is 2.31. The fraction of sp³-hybridized carbons (Fsp3) is 0.429. The highest BCUT2D eigenvalue weighted by Gasteiger charge is 2.10. The van der Waals surface area contributed by atoms with Crippen molar-refractivity contribution < 1.29 is 9.59 Å². The summed E-state index contributed by atoms with van der Waals surface area (Å²) >= 11 is 0. The van der Waals surface area contributed by atoms with Crippen molar-refractivity contribution in [2.45, 2.75) is 26.3 Å². The van der Waals surface area contributed by atoms with Crippen LogP contribution in [0.25, 0.3) is 0 Å². The Morgan fingerprint density at radius 2 is 2.00 bits per heavy atom. The number of rotatable bonds is 4. The van der Waals surface area contributed by atoms with Gasteiger partial charge in [0.05, 0.1) is 0 Å². The highest BCUT2D eigenvalue weighted by molar-refractivity contribution is 5.96. The third kappa shape index (κ3) is 4.62. The monoisotopic (exact) mass is 263 g/mol. The van der Waals surface area contributed by atoms with Gasteiger partial charge in [-0.2, -0.15) is 0 Å². The minimum absolute atomic E-state index is 0.0917. The molecule has 3 amide bonds. The Kier molecular flexibility index (Phi) is 5.36. The lowest BCUT2D eigenvalue weighted by Gasteiger charge is -2.14. The van der Waals surface area contributed by atoms with Crippen LogP contribution in [0.15, 0.2) is 24.3 Å². The molecule has 0 unspecified atom stereocenters. The number of hydrogen-bond acceptors (Lipinski definition) is 2. The van der Waals surface area contributed by atoms with E-state index in [1.165, 1.54) is 4.90 Å². The van der Waals surface area contributed by atoms with Crippen LogP contribution in [0.4, 0.5) is 10.5 Å². The first-order chi connectivity index (χ1) is 8.93. The normalized spacial score (nSPS) is 11.6. The van der Waals surface area contributed by atoms with Crippen LogP contribution in [0.3, 0.4) is 0 Å². The van der Waals surface area contributed by atoms with Crippen LogP contribution in [0.2, 0.25) is 0 Å². The van der Waals surface area contributed by atoms with Crippen LogP contribution in [-0.2, 0) is 0 Å². The van der Waals surface area contributed by atoms with Gasteiger partial charge in [-0.3, -0.25) is 4.79 Å². The van der Waals surface area contributed by atoms with Gasteiger partial charge in [0.1, 0.15) is 0 Å². The molecule has 5 heteroatoms. The van der Waals surface area contributed by atoms with Crippen molar-refractivity contribution in [2.24, 2.45) is 0 Å². The summed E-state index contributed by atoms with van der Waals surface area (Å²) in [6, 6.07) is 6.74. The molecule has 1 aromatic carbocycles. The Bertz CT molecular complexity index is 458. The van der Waals surface area contributed by atoms with Crippen LogP contribution >= 0.6 is 0 Å². The number of hydrogen-bond donors (Lipinski definition) is 2. The summed E-state index contributed by atoms with van der Waals surface area (Å²) in [6.45, 7) is 3.94. The Labute approximate surface area is 114 Å². The highest BCUT2D eigenvalue weighted by Crippen LogP contribution is 2.12. The SMILES string of the molecule is CC[C@@H](C)NC(=O)Nc1cccc(C(=O)N(C)C)c1. The number of amides is 3. The van der Waals surface area contributed by atoms with Gasteiger partial charge in [0.15, 0.2) is 0 Å². The number of benzene rings is 1. The zero-order valence-electron chi connectivity index (χ0n) is 11.9. The number of nitrogens with one attached hydrogen (secondary N) is 2. The summed E-state index contributed by atoms with van der Waals surface area (Å²) in [5.41, 5.74) is 1.15. The third-order valence-electron chi connectivity index (χ3n) is 2.76. The standard InChI is InChI=1S/C14H21N3O2/c1-5-10(2)15-14(19)16-12-8-6-7-11(9-12)13(18)17(3)4/h6-10H,5H2,1-4H3,(H2,15,16,19)/t10-/m1/s1. The van der Waals surface area contributed by atoms with Gasteiger partial charge >= 0.3 is 6.03 Å². The van der Waals surface area contributed by atoms with Crippen LogP contribution in [0, 0.1) is 0 Å². The molecule has 0 aromatic heterocycles. The second-order valence-electron chi connectivity index (χ2n) is 4.69. The van der Waals surface area contributed by atoms with E-state index < -0.39 is 0 Å². The zero-order chi connectivity index (χ0) is 14.4. The first-order valence-electron chi connectivity index (χ1n) is 6.33. The van der Waals surface area contributed by atoms with Crippen LogP contribution in [-0.4, -0.2) is 37.0 Å². The lowest BCUT2D eigenvalue weighted by atomic mass is 10.2. The first kappa shape index (κ1) is 15.0. The molecule has 104 valence electrons. The maximum atomic E-state index is 11.8. The van der Waals surface area contributed by atoms with Crippen LogP contribution in [0.1, 0.15) is 30.6 Å². The molecule has 2 N–H and O–H groups in total. The van der Waals surface area contributed by atoms with Crippen molar-refractivity contribution in [1.29, 1.82) is 0 Å². The van der Waals surface area contributed by atoms with Crippen LogP contribution < -0.4 is 10.6 Å². The maximum absolute atomic E-state index is 11.8. The van der Waals surface area contributed by atoms with E-state index in [1.54, 1.807) is 38.4 Å². The van der Waals surface area contributed by atoms with Gasteiger partial charge in [-0.25, -0.2) is 4.79 Å². The molecule has 5 nitrogen and oxygen atoms in total. The minimum Gasteiger partial charge on any atom is -0.345 e. The van der Waals surface area contributed by atoms with Crippen molar-refractivity contribution in [2.75, 3.05) is 19.4 Å². The zero-order valence-corrected chi connectivity index (χ0v) is 11.9. The summed E-state index contributed by atoms with van der Waals surface area (Å²) in [5, 5.41) is 5.52. The molecule has 0 aliphatic heterocycles. The molecule has 0 saturated carbocycles. The molecule has 0 aliphatic rings. The molecular weight excluding hydrogens is 242 g/mol. The van der Waals surface area contributed by atoms with Crippen molar-refractivity contribution in [3.63, 3.8) is 0 Å². The molecule has 0 saturated heterocycles.